The van der Waals surface area contributed by atoms with Crippen LogP contribution in [-0.4, -0.2) is 53.5 Å². The first-order valence-corrected chi connectivity index (χ1v) is 5.54. The van der Waals surface area contributed by atoms with Gasteiger partial charge in [0.1, 0.15) is 6.33 Å². The van der Waals surface area contributed by atoms with Crippen LogP contribution < -0.4 is 10.6 Å². The van der Waals surface area contributed by atoms with Crippen molar-refractivity contribution in [2.45, 2.75) is 13.0 Å². The van der Waals surface area contributed by atoms with Crippen LogP contribution in [0.15, 0.2) is 6.33 Å². The van der Waals surface area contributed by atoms with Gasteiger partial charge in [0.15, 0.2) is 0 Å². The molecule has 0 spiro atoms. The summed E-state index contributed by atoms with van der Waals surface area (Å²) in [5, 5.41) is 16.7. The summed E-state index contributed by atoms with van der Waals surface area (Å²) in [6, 6.07) is 0.234. The number of nitrogens with one attached hydrogen (secondary N) is 2. The standard InChI is InChI=1S/C10H18N6O2/c1-7(15(3)4)5-12-10-8(16(17)18)9(11-2)13-6-14-10/h6-7H,5H2,1-4H3,(H2,11,12,13,14). The molecule has 2 N–H and O–H groups in total. The molecule has 1 aromatic heterocycles. The molecule has 100 valence electrons. The molecule has 1 rings (SSSR count). The lowest BCUT2D eigenvalue weighted by molar-refractivity contribution is -0.383. The van der Waals surface area contributed by atoms with E-state index in [2.05, 4.69) is 20.6 Å². The summed E-state index contributed by atoms with van der Waals surface area (Å²) in [6.45, 7) is 2.58. The highest BCUT2D eigenvalue weighted by Gasteiger charge is 2.22. The van der Waals surface area contributed by atoms with E-state index in [1.165, 1.54) is 6.33 Å². The van der Waals surface area contributed by atoms with E-state index < -0.39 is 4.92 Å². The van der Waals surface area contributed by atoms with Crippen molar-refractivity contribution in [3.8, 4) is 0 Å². The smallest absolute Gasteiger partial charge is 0.353 e. The third kappa shape index (κ3) is 3.27. The molecule has 0 bridgehead atoms. The second-order valence-electron chi connectivity index (χ2n) is 4.12. The van der Waals surface area contributed by atoms with Crippen molar-refractivity contribution in [2.75, 3.05) is 38.3 Å². The first kappa shape index (κ1) is 14.1. The predicted octanol–water partition coefficient (Wildman–Crippen LogP) is 0.788. The quantitative estimate of drug-likeness (QED) is 0.572. The summed E-state index contributed by atoms with van der Waals surface area (Å²) < 4.78 is 0. The lowest BCUT2D eigenvalue weighted by Crippen LogP contribution is -2.31. The number of hydrogen-bond donors (Lipinski definition) is 2. The van der Waals surface area contributed by atoms with Gasteiger partial charge >= 0.3 is 5.69 Å². The molecule has 1 aromatic rings. The van der Waals surface area contributed by atoms with Crippen molar-refractivity contribution in [3.63, 3.8) is 0 Å². The Morgan fingerprint density at radius 2 is 2.06 bits per heavy atom. The Bertz CT molecular complexity index is 423. The van der Waals surface area contributed by atoms with Crippen molar-refractivity contribution in [3.05, 3.63) is 16.4 Å². The molecule has 0 radical (unpaired) electrons. The molecule has 0 saturated heterocycles. The van der Waals surface area contributed by atoms with Crippen LogP contribution in [0.3, 0.4) is 0 Å². The first-order valence-electron chi connectivity index (χ1n) is 5.54. The van der Waals surface area contributed by atoms with Crippen LogP contribution in [0.1, 0.15) is 6.92 Å². The summed E-state index contributed by atoms with van der Waals surface area (Å²) in [7, 11) is 5.47. The van der Waals surface area contributed by atoms with Crippen LogP contribution in [0.25, 0.3) is 0 Å². The van der Waals surface area contributed by atoms with Crippen molar-refractivity contribution in [1.82, 2.24) is 14.9 Å². The molecule has 0 aliphatic carbocycles. The Hall–Kier alpha value is -1.96. The SMILES string of the molecule is CNc1ncnc(NCC(C)N(C)C)c1[N+](=O)[O-]. The van der Waals surface area contributed by atoms with E-state index in [0.717, 1.165) is 0 Å². The van der Waals surface area contributed by atoms with Gasteiger partial charge in [0.2, 0.25) is 11.6 Å². The largest absolute Gasteiger partial charge is 0.367 e. The summed E-state index contributed by atoms with van der Waals surface area (Å²) in [6.07, 6.45) is 1.29. The minimum Gasteiger partial charge on any atom is -0.367 e. The topological polar surface area (TPSA) is 96.2 Å². The molecule has 1 unspecified atom stereocenters. The number of anilines is 2. The van der Waals surface area contributed by atoms with Crippen molar-refractivity contribution in [1.29, 1.82) is 0 Å². The zero-order valence-electron chi connectivity index (χ0n) is 11.0. The predicted molar refractivity (Wildman–Crippen MR) is 69.9 cm³/mol. The molecule has 8 nitrogen and oxygen atoms in total. The summed E-state index contributed by atoms with van der Waals surface area (Å²) >= 11 is 0. The van der Waals surface area contributed by atoms with E-state index in [0.29, 0.717) is 6.54 Å². The maximum Gasteiger partial charge on any atom is 0.353 e. The zero-order chi connectivity index (χ0) is 13.7. The zero-order valence-corrected chi connectivity index (χ0v) is 11.0. The number of hydrogen-bond acceptors (Lipinski definition) is 7. The third-order valence-electron chi connectivity index (χ3n) is 2.69. The molecule has 18 heavy (non-hydrogen) atoms. The van der Waals surface area contributed by atoms with Crippen molar-refractivity contribution < 1.29 is 4.92 Å². The van der Waals surface area contributed by atoms with Crippen LogP contribution in [0.4, 0.5) is 17.3 Å². The third-order valence-corrected chi connectivity index (χ3v) is 2.69. The van der Waals surface area contributed by atoms with Crippen LogP contribution in [0.5, 0.6) is 0 Å². The van der Waals surface area contributed by atoms with Gasteiger partial charge in [0, 0.05) is 19.6 Å². The minimum atomic E-state index is -0.492. The molecule has 0 saturated carbocycles. The lowest BCUT2D eigenvalue weighted by Gasteiger charge is -2.20. The molecule has 8 heteroatoms. The van der Waals surface area contributed by atoms with Gasteiger partial charge < -0.3 is 15.5 Å². The van der Waals surface area contributed by atoms with Crippen molar-refractivity contribution >= 4 is 17.3 Å². The number of nitro groups is 1. The molecule has 1 heterocycles. The van der Waals surface area contributed by atoms with Crippen LogP contribution in [0.2, 0.25) is 0 Å². The number of aromatic nitrogens is 2. The number of nitrogens with zero attached hydrogens (tertiary/aromatic N) is 4. The van der Waals surface area contributed by atoms with Gasteiger partial charge in [-0.2, -0.15) is 0 Å². The Balaban J connectivity index is 2.91. The first-order chi connectivity index (χ1) is 8.47. The molecular formula is C10H18N6O2. The monoisotopic (exact) mass is 254 g/mol. The summed E-state index contributed by atoms with van der Waals surface area (Å²) in [5.74, 6) is 0.433. The Labute approximate surface area is 106 Å². The Morgan fingerprint density at radius 3 is 2.56 bits per heavy atom. The second-order valence-corrected chi connectivity index (χ2v) is 4.12. The molecular weight excluding hydrogens is 236 g/mol. The maximum atomic E-state index is 11.0. The molecule has 0 aliphatic rings. The molecule has 0 amide bonds. The van der Waals surface area contributed by atoms with Gasteiger partial charge in [0.25, 0.3) is 0 Å². The van der Waals surface area contributed by atoms with Crippen LogP contribution >= 0.6 is 0 Å². The number of rotatable bonds is 6. The maximum absolute atomic E-state index is 11.0. The van der Waals surface area contributed by atoms with Crippen molar-refractivity contribution in [2.24, 2.45) is 0 Å². The minimum absolute atomic E-state index is 0.133. The highest BCUT2D eigenvalue weighted by molar-refractivity contribution is 5.68. The molecule has 0 aliphatic heterocycles. The van der Waals surface area contributed by atoms with Gasteiger partial charge in [-0.3, -0.25) is 10.1 Å². The average molecular weight is 254 g/mol. The number of likely N-dealkylation sites (N-methyl/N-ethyl adjacent to an activating group) is 1. The fourth-order valence-corrected chi connectivity index (χ4v) is 1.29. The Morgan fingerprint density at radius 1 is 1.44 bits per heavy atom. The fraction of sp³-hybridized carbons (Fsp3) is 0.600. The summed E-state index contributed by atoms with van der Waals surface area (Å²) in [4.78, 5) is 20.3. The van der Waals surface area contributed by atoms with Gasteiger partial charge in [-0.05, 0) is 21.0 Å². The highest BCUT2D eigenvalue weighted by atomic mass is 16.6. The molecule has 0 aromatic carbocycles. The van der Waals surface area contributed by atoms with E-state index in [1.807, 2.05) is 25.9 Å². The Kier molecular flexibility index (Phi) is 4.78. The second kappa shape index (κ2) is 6.10. The van der Waals surface area contributed by atoms with Crippen LogP contribution in [-0.2, 0) is 0 Å². The van der Waals surface area contributed by atoms with E-state index in [4.69, 9.17) is 0 Å². The molecule has 0 fully saturated rings. The van der Waals surface area contributed by atoms with E-state index in [-0.39, 0.29) is 23.4 Å². The highest BCUT2D eigenvalue weighted by Crippen LogP contribution is 2.28. The van der Waals surface area contributed by atoms with E-state index >= 15 is 0 Å². The fourth-order valence-electron chi connectivity index (χ4n) is 1.29. The average Bonchev–Trinajstić information content (AvgIpc) is 2.34. The van der Waals surface area contributed by atoms with E-state index in [1.54, 1.807) is 7.05 Å². The van der Waals surface area contributed by atoms with Gasteiger partial charge in [-0.1, -0.05) is 0 Å². The molecule has 1 atom stereocenters. The summed E-state index contributed by atoms with van der Waals surface area (Å²) in [5.41, 5.74) is -0.133. The van der Waals surface area contributed by atoms with Gasteiger partial charge in [-0.25, -0.2) is 9.97 Å². The van der Waals surface area contributed by atoms with Gasteiger partial charge in [-0.15, -0.1) is 0 Å². The van der Waals surface area contributed by atoms with Gasteiger partial charge in [0.05, 0.1) is 4.92 Å². The normalized spacial score (nSPS) is 12.3. The lowest BCUT2D eigenvalue weighted by atomic mass is 10.3. The van der Waals surface area contributed by atoms with Crippen LogP contribution in [0, 0.1) is 10.1 Å². The van der Waals surface area contributed by atoms with E-state index in [9.17, 15) is 10.1 Å².